The van der Waals surface area contributed by atoms with Gasteiger partial charge in [-0.2, -0.15) is 0 Å². The molecule has 0 aliphatic carbocycles. The predicted octanol–water partition coefficient (Wildman–Crippen LogP) is 12.7. The summed E-state index contributed by atoms with van der Waals surface area (Å²) in [5.41, 5.74) is 0.750. The highest BCUT2D eigenvalue weighted by atomic mass is 16.5. The molecule has 0 bridgehead atoms. The number of carbonyl (C=O) groups is 2. The van der Waals surface area contributed by atoms with E-state index in [2.05, 4.69) is 13.8 Å². The fourth-order valence-corrected chi connectivity index (χ4v) is 6.56. The van der Waals surface area contributed by atoms with Crippen molar-refractivity contribution >= 4 is 11.9 Å². The molecule has 0 unspecified atom stereocenters. The summed E-state index contributed by atoms with van der Waals surface area (Å²) in [6.07, 6.45) is 37.7. The van der Waals surface area contributed by atoms with Gasteiger partial charge in [-0.05, 0) is 45.1 Å². The van der Waals surface area contributed by atoms with Gasteiger partial charge in [0.05, 0.1) is 11.1 Å². The van der Waals surface area contributed by atoms with Gasteiger partial charge in [0.2, 0.25) is 0 Å². The molecule has 6 nitrogen and oxygen atoms in total. The van der Waals surface area contributed by atoms with Gasteiger partial charge in [-0.25, -0.2) is 9.59 Å². The van der Waals surface area contributed by atoms with Crippen LogP contribution in [0.15, 0.2) is 24.3 Å². The van der Waals surface area contributed by atoms with Crippen LogP contribution in [0.5, 0.6) is 0 Å². The number of benzene rings is 1. The van der Waals surface area contributed by atoms with E-state index in [1.165, 1.54) is 167 Å². The molecule has 0 N–H and O–H groups in total. The lowest BCUT2D eigenvalue weighted by Crippen LogP contribution is -2.25. The van der Waals surface area contributed by atoms with Crippen LogP contribution in [0, 0.1) is 0 Å². The summed E-state index contributed by atoms with van der Waals surface area (Å²) >= 11 is 0. The highest BCUT2D eigenvalue weighted by Gasteiger charge is 2.14. The maximum Gasteiger partial charge on any atom is 0.339 e. The van der Waals surface area contributed by atoms with E-state index >= 15 is 0 Å². The van der Waals surface area contributed by atoms with E-state index in [-0.39, 0.29) is 13.5 Å². The van der Waals surface area contributed by atoms with Crippen molar-refractivity contribution in [2.45, 2.75) is 194 Å². The van der Waals surface area contributed by atoms with Crippen molar-refractivity contribution in [3.63, 3.8) is 0 Å². The SMILES string of the molecule is CCCCCCCCCCCCCCCCN(C)COC(=O)c1cccc(C(=O)OCN(C)CCCCCCCCCCCCCCCC)c1. The molecule has 1 aromatic rings. The zero-order chi connectivity index (χ0) is 36.3. The van der Waals surface area contributed by atoms with Gasteiger partial charge >= 0.3 is 11.9 Å². The minimum absolute atomic E-state index is 0.246. The summed E-state index contributed by atoms with van der Waals surface area (Å²) in [7, 11) is 3.97. The van der Waals surface area contributed by atoms with Gasteiger partial charge in [0.1, 0.15) is 13.5 Å². The van der Waals surface area contributed by atoms with Crippen LogP contribution < -0.4 is 0 Å². The Morgan fingerprint density at radius 1 is 0.440 bits per heavy atom. The van der Waals surface area contributed by atoms with Crippen molar-refractivity contribution in [3.05, 3.63) is 35.4 Å². The fourth-order valence-electron chi connectivity index (χ4n) is 6.56. The Morgan fingerprint density at radius 2 is 0.700 bits per heavy atom. The van der Waals surface area contributed by atoms with Crippen molar-refractivity contribution in [2.24, 2.45) is 0 Å². The van der Waals surface area contributed by atoms with E-state index in [0.717, 1.165) is 25.9 Å². The molecule has 1 rings (SSSR count). The van der Waals surface area contributed by atoms with Crippen molar-refractivity contribution < 1.29 is 19.1 Å². The Balaban J connectivity index is 2.06. The lowest BCUT2D eigenvalue weighted by atomic mass is 10.0. The quantitative estimate of drug-likeness (QED) is 0.0394. The van der Waals surface area contributed by atoms with Gasteiger partial charge in [-0.15, -0.1) is 0 Å². The maximum absolute atomic E-state index is 12.7. The molecule has 0 atom stereocenters. The van der Waals surface area contributed by atoms with Crippen molar-refractivity contribution in [2.75, 3.05) is 40.6 Å². The van der Waals surface area contributed by atoms with Gasteiger partial charge in [0.25, 0.3) is 0 Å². The molecule has 6 heteroatoms. The van der Waals surface area contributed by atoms with Gasteiger partial charge in [0.15, 0.2) is 0 Å². The minimum Gasteiger partial charge on any atom is -0.446 e. The number of esters is 2. The number of unbranched alkanes of at least 4 members (excludes halogenated alkanes) is 26. The molecule has 290 valence electrons. The molecule has 0 radical (unpaired) electrons. The first-order chi connectivity index (χ1) is 24.5. The second-order valence-electron chi connectivity index (χ2n) is 15.1. The van der Waals surface area contributed by atoms with Crippen LogP contribution in [0.4, 0.5) is 0 Å². The highest BCUT2D eigenvalue weighted by Crippen LogP contribution is 2.15. The number of ether oxygens (including phenoxy) is 2. The number of nitrogens with zero attached hydrogens (tertiary/aromatic N) is 2. The molecule has 0 spiro atoms. The fraction of sp³-hybridized carbons (Fsp3) is 0.818. The lowest BCUT2D eigenvalue weighted by molar-refractivity contribution is 0.0268. The van der Waals surface area contributed by atoms with Crippen LogP contribution in [0.1, 0.15) is 214 Å². The second-order valence-corrected chi connectivity index (χ2v) is 15.1. The lowest BCUT2D eigenvalue weighted by Gasteiger charge is -2.17. The molecule has 50 heavy (non-hydrogen) atoms. The molecule has 0 fully saturated rings. The van der Waals surface area contributed by atoms with Crippen LogP contribution in [0.2, 0.25) is 0 Å². The Labute approximate surface area is 309 Å². The summed E-state index contributed by atoms with van der Waals surface area (Å²) in [5.74, 6) is -0.829. The first kappa shape index (κ1) is 46.1. The Morgan fingerprint density at radius 3 is 0.980 bits per heavy atom. The molecule has 0 aliphatic rings. The zero-order valence-electron chi connectivity index (χ0n) is 33.5. The van der Waals surface area contributed by atoms with E-state index in [0.29, 0.717) is 11.1 Å². The van der Waals surface area contributed by atoms with E-state index in [4.69, 9.17) is 9.47 Å². The average Bonchev–Trinajstić information content (AvgIpc) is 3.13. The van der Waals surface area contributed by atoms with E-state index in [1.54, 1.807) is 24.3 Å². The smallest absolute Gasteiger partial charge is 0.339 e. The van der Waals surface area contributed by atoms with Crippen LogP contribution in [0.3, 0.4) is 0 Å². The summed E-state index contributed by atoms with van der Waals surface area (Å²) in [5, 5.41) is 0. The molecule has 0 aromatic heterocycles. The molecule has 1 aromatic carbocycles. The van der Waals surface area contributed by atoms with Gasteiger partial charge < -0.3 is 9.47 Å². The van der Waals surface area contributed by atoms with E-state index in [9.17, 15) is 9.59 Å². The third kappa shape index (κ3) is 27.8. The summed E-state index contributed by atoms with van der Waals surface area (Å²) in [6.45, 7) is 6.86. The van der Waals surface area contributed by atoms with Crippen molar-refractivity contribution in [1.82, 2.24) is 9.80 Å². The number of hydrogen-bond acceptors (Lipinski definition) is 6. The van der Waals surface area contributed by atoms with Gasteiger partial charge in [-0.3, -0.25) is 9.80 Å². The summed E-state index contributed by atoms with van der Waals surface area (Å²) < 4.78 is 11.1. The monoisotopic (exact) mass is 701 g/mol. The van der Waals surface area contributed by atoms with E-state index < -0.39 is 11.9 Å². The Kier molecular flexibility index (Phi) is 31.5. The maximum atomic E-state index is 12.7. The Hall–Kier alpha value is -1.92. The first-order valence-electron chi connectivity index (χ1n) is 21.3. The Bertz CT molecular complexity index is 854. The highest BCUT2D eigenvalue weighted by molar-refractivity contribution is 5.95. The molecular formula is C44H80N2O4. The zero-order valence-corrected chi connectivity index (χ0v) is 33.5. The standard InChI is InChI=1S/C44H80N2O4/c1-5-7-9-11-13-15-17-19-21-23-25-27-29-31-36-45(3)39-49-43(47)41-34-33-35-42(38-41)44(48)50-40-46(4)37-32-30-28-26-24-22-20-18-16-14-12-10-8-6-2/h33-35,38H,5-32,36-37,39-40H2,1-4H3. The van der Waals surface area contributed by atoms with E-state index in [1.807, 2.05) is 23.9 Å². The third-order valence-corrected chi connectivity index (χ3v) is 9.95. The van der Waals surface area contributed by atoms with Crippen molar-refractivity contribution in [3.8, 4) is 0 Å². The van der Waals surface area contributed by atoms with Crippen LogP contribution in [-0.4, -0.2) is 62.4 Å². The second kappa shape index (κ2) is 34.2. The molecule has 0 aliphatic heterocycles. The third-order valence-electron chi connectivity index (χ3n) is 9.95. The largest absolute Gasteiger partial charge is 0.446 e. The molecule has 0 amide bonds. The van der Waals surface area contributed by atoms with Crippen LogP contribution in [-0.2, 0) is 9.47 Å². The normalized spacial score (nSPS) is 11.5. The average molecular weight is 701 g/mol. The summed E-state index contributed by atoms with van der Waals surface area (Å²) in [4.78, 5) is 29.5. The van der Waals surface area contributed by atoms with Gasteiger partial charge in [-0.1, -0.05) is 187 Å². The molecule has 0 heterocycles. The topological polar surface area (TPSA) is 59.1 Å². The molecule has 0 saturated heterocycles. The van der Waals surface area contributed by atoms with Crippen LogP contribution in [0.25, 0.3) is 0 Å². The molecule has 0 saturated carbocycles. The molecular weight excluding hydrogens is 620 g/mol. The van der Waals surface area contributed by atoms with Crippen LogP contribution >= 0.6 is 0 Å². The number of rotatable bonds is 36. The minimum atomic E-state index is -0.414. The number of hydrogen-bond donors (Lipinski definition) is 0. The predicted molar refractivity (Wildman–Crippen MR) is 213 cm³/mol. The first-order valence-corrected chi connectivity index (χ1v) is 21.3. The summed E-state index contributed by atoms with van der Waals surface area (Å²) in [6, 6.07) is 6.67. The van der Waals surface area contributed by atoms with Crippen molar-refractivity contribution in [1.29, 1.82) is 0 Å². The number of carbonyl (C=O) groups excluding carboxylic acids is 2. The van der Waals surface area contributed by atoms with Gasteiger partial charge in [0, 0.05) is 13.1 Å².